The van der Waals surface area contributed by atoms with E-state index in [1.54, 1.807) is 12.1 Å². The molecule has 21 heavy (non-hydrogen) atoms. The van der Waals surface area contributed by atoms with E-state index < -0.39 is 0 Å². The van der Waals surface area contributed by atoms with Crippen LogP contribution in [0.1, 0.15) is 35.1 Å². The maximum atomic E-state index is 11.9. The topological polar surface area (TPSA) is 66.9 Å². The van der Waals surface area contributed by atoms with Gasteiger partial charge in [0.05, 0.1) is 0 Å². The smallest absolute Gasteiger partial charge is 0.251 e. The van der Waals surface area contributed by atoms with E-state index in [0.29, 0.717) is 18.1 Å². The number of anilines is 2. The van der Waals surface area contributed by atoms with Crippen LogP contribution in [-0.2, 0) is 0 Å². The van der Waals surface area contributed by atoms with Gasteiger partial charge in [-0.15, -0.1) is 0 Å². The molecule has 0 unspecified atom stereocenters. The number of carbonyl (C=O) groups is 1. The number of aromatic nitrogens is 2. The fourth-order valence-corrected chi connectivity index (χ4v) is 1.99. The number of aryl methyl sites for hydroxylation is 2. The lowest BCUT2D eigenvalue weighted by Crippen LogP contribution is -2.23. The molecule has 1 amide bonds. The van der Waals surface area contributed by atoms with Gasteiger partial charge < -0.3 is 10.6 Å². The van der Waals surface area contributed by atoms with E-state index in [2.05, 4.69) is 20.6 Å². The summed E-state index contributed by atoms with van der Waals surface area (Å²) in [4.78, 5) is 20.6. The lowest BCUT2D eigenvalue weighted by atomic mass is 10.2. The van der Waals surface area contributed by atoms with Gasteiger partial charge in [0, 0.05) is 29.2 Å². The Kier molecular flexibility index (Phi) is 4.87. The molecule has 1 heterocycles. The predicted molar refractivity (Wildman–Crippen MR) is 83.9 cm³/mol. The molecule has 0 atom stereocenters. The number of rotatable bonds is 5. The van der Waals surface area contributed by atoms with E-state index in [0.717, 1.165) is 23.5 Å². The first-order valence-electron chi connectivity index (χ1n) is 7.06. The molecule has 110 valence electrons. The molecule has 5 nitrogen and oxygen atoms in total. The fraction of sp³-hybridized carbons (Fsp3) is 0.312. The Labute approximate surface area is 124 Å². The normalized spacial score (nSPS) is 10.2. The van der Waals surface area contributed by atoms with Crippen molar-refractivity contribution in [2.24, 2.45) is 0 Å². The molecule has 1 aromatic heterocycles. The zero-order valence-corrected chi connectivity index (χ0v) is 12.6. The van der Waals surface area contributed by atoms with Crippen molar-refractivity contribution >= 4 is 17.5 Å². The Morgan fingerprint density at radius 1 is 1.14 bits per heavy atom. The summed E-state index contributed by atoms with van der Waals surface area (Å²) in [5.41, 5.74) is 3.23. The summed E-state index contributed by atoms with van der Waals surface area (Å²) in [6, 6.07) is 9.23. The van der Waals surface area contributed by atoms with Crippen molar-refractivity contribution in [2.75, 3.05) is 11.9 Å². The third kappa shape index (κ3) is 4.27. The van der Waals surface area contributed by atoms with Crippen molar-refractivity contribution in [1.29, 1.82) is 0 Å². The molecule has 0 radical (unpaired) electrons. The summed E-state index contributed by atoms with van der Waals surface area (Å²) in [5.74, 6) is 0.473. The van der Waals surface area contributed by atoms with Crippen LogP contribution < -0.4 is 10.6 Å². The van der Waals surface area contributed by atoms with E-state index in [1.807, 2.05) is 39.0 Å². The molecule has 5 heteroatoms. The highest BCUT2D eigenvalue weighted by atomic mass is 16.1. The van der Waals surface area contributed by atoms with Crippen molar-refractivity contribution < 1.29 is 4.79 Å². The van der Waals surface area contributed by atoms with Gasteiger partial charge in [0.25, 0.3) is 5.91 Å². The molecule has 0 aliphatic rings. The minimum atomic E-state index is -0.0677. The Morgan fingerprint density at radius 2 is 1.86 bits per heavy atom. The average Bonchev–Trinajstić information content (AvgIpc) is 2.44. The molecule has 0 fully saturated rings. The van der Waals surface area contributed by atoms with Gasteiger partial charge in [-0.3, -0.25) is 4.79 Å². The highest BCUT2D eigenvalue weighted by Crippen LogP contribution is 2.15. The van der Waals surface area contributed by atoms with E-state index in [4.69, 9.17) is 0 Å². The Hall–Kier alpha value is -2.43. The number of carbonyl (C=O) groups excluding carboxylic acids is 1. The van der Waals surface area contributed by atoms with Gasteiger partial charge in [0.15, 0.2) is 0 Å². The van der Waals surface area contributed by atoms with Crippen molar-refractivity contribution in [1.82, 2.24) is 15.3 Å². The largest absolute Gasteiger partial charge is 0.352 e. The highest BCUT2D eigenvalue weighted by Gasteiger charge is 2.06. The van der Waals surface area contributed by atoms with Crippen LogP contribution in [0, 0.1) is 13.8 Å². The molecule has 0 spiro atoms. The molecule has 2 aromatic rings. The third-order valence-corrected chi connectivity index (χ3v) is 2.90. The maximum absolute atomic E-state index is 11.9. The van der Waals surface area contributed by atoms with E-state index in [9.17, 15) is 4.79 Å². The summed E-state index contributed by atoms with van der Waals surface area (Å²) in [6.07, 6.45) is 0.917. The lowest BCUT2D eigenvalue weighted by molar-refractivity contribution is 0.0953. The molecular formula is C16H20N4O. The van der Waals surface area contributed by atoms with E-state index in [-0.39, 0.29) is 5.91 Å². The van der Waals surface area contributed by atoms with Crippen LogP contribution in [-0.4, -0.2) is 22.4 Å². The predicted octanol–water partition coefficient (Wildman–Crippen LogP) is 2.98. The lowest BCUT2D eigenvalue weighted by Gasteiger charge is -2.08. The summed E-state index contributed by atoms with van der Waals surface area (Å²) in [7, 11) is 0. The first kappa shape index (κ1) is 15.0. The summed E-state index contributed by atoms with van der Waals surface area (Å²) in [5, 5.41) is 5.99. The van der Waals surface area contributed by atoms with Crippen molar-refractivity contribution in [3.05, 3.63) is 47.3 Å². The van der Waals surface area contributed by atoms with Crippen molar-refractivity contribution in [3.63, 3.8) is 0 Å². The Bertz CT molecular complexity index is 620. The summed E-state index contributed by atoms with van der Waals surface area (Å²) < 4.78 is 0. The van der Waals surface area contributed by atoms with Crippen molar-refractivity contribution in [2.45, 2.75) is 27.2 Å². The number of nitrogens with zero attached hydrogens (tertiary/aromatic N) is 2. The molecule has 0 saturated heterocycles. The number of benzene rings is 1. The number of hydrogen-bond donors (Lipinski definition) is 2. The van der Waals surface area contributed by atoms with Gasteiger partial charge >= 0.3 is 0 Å². The van der Waals surface area contributed by atoms with E-state index in [1.165, 1.54) is 0 Å². The Morgan fingerprint density at radius 3 is 2.52 bits per heavy atom. The fourth-order valence-electron chi connectivity index (χ4n) is 1.99. The second kappa shape index (κ2) is 6.83. The molecule has 0 aliphatic heterocycles. The molecule has 1 aromatic carbocycles. The van der Waals surface area contributed by atoms with Crippen molar-refractivity contribution in [3.8, 4) is 0 Å². The van der Waals surface area contributed by atoms with Crippen LogP contribution in [0.3, 0.4) is 0 Å². The minimum Gasteiger partial charge on any atom is -0.352 e. The van der Waals surface area contributed by atoms with Crippen LogP contribution in [0.2, 0.25) is 0 Å². The van der Waals surface area contributed by atoms with Crippen LogP contribution in [0.4, 0.5) is 11.6 Å². The van der Waals surface area contributed by atoms with Gasteiger partial charge in [-0.1, -0.05) is 13.0 Å². The molecule has 2 rings (SSSR count). The van der Waals surface area contributed by atoms with Gasteiger partial charge in [0.2, 0.25) is 5.95 Å². The second-order valence-corrected chi connectivity index (χ2v) is 4.94. The molecule has 0 aliphatic carbocycles. The van der Waals surface area contributed by atoms with Crippen LogP contribution in [0.5, 0.6) is 0 Å². The third-order valence-electron chi connectivity index (χ3n) is 2.90. The monoisotopic (exact) mass is 284 g/mol. The quantitative estimate of drug-likeness (QED) is 0.885. The van der Waals surface area contributed by atoms with Gasteiger partial charge in [0.1, 0.15) is 0 Å². The van der Waals surface area contributed by atoms with Gasteiger partial charge in [-0.05, 0) is 44.5 Å². The van der Waals surface area contributed by atoms with Gasteiger partial charge in [-0.25, -0.2) is 9.97 Å². The molecule has 0 bridgehead atoms. The first-order chi connectivity index (χ1) is 10.1. The molecule has 2 N–H and O–H groups in total. The van der Waals surface area contributed by atoms with E-state index >= 15 is 0 Å². The highest BCUT2D eigenvalue weighted by molar-refractivity contribution is 5.95. The maximum Gasteiger partial charge on any atom is 0.251 e. The zero-order valence-electron chi connectivity index (χ0n) is 12.6. The van der Waals surface area contributed by atoms with Crippen LogP contribution in [0.15, 0.2) is 30.3 Å². The number of nitrogens with one attached hydrogen (secondary N) is 2. The van der Waals surface area contributed by atoms with Gasteiger partial charge in [-0.2, -0.15) is 0 Å². The summed E-state index contributed by atoms with van der Waals surface area (Å²) in [6.45, 7) is 6.55. The SMILES string of the molecule is CCCNC(=O)c1cccc(Nc2nc(C)cc(C)n2)c1. The second-order valence-electron chi connectivity index (χ2n) is 4.94. The number of amides is 1. The average molecular weight is 284 g/mol. The standard InChI is InChI=1S/C16H20N4O/c1-4-8-17-15(21)13-6-5-7-14(10-13)20-16-18-11(2)9-12(3)19-16/h5-7,9-10H,4,8H2,1-3H3,(H,17,21)(H,18,19,20). The summed E-state index contributed by atoms with van der Waals surface area (Å²) >= 11 is 0. The molecule has 0 saturated carbocycles. The molecular weight excluding hydrogens is 264 g/mol. The first-order valence-corrected chi connectivity index (χ1v) is 7.06. The number of hydrogen-bond acceptors (Lipinski definition) is 4. The zero-order chi connectivity index (χ0) is 15.2. The van der Waals surface area contributed by atoms with Crippen LogP contribution >= 0.6 is 0 Å². The van der Waals surface area contributed by atoms with Crippen LogP contribution in [0.25, 0.3) is 0 Å². The minimum absolute atomic E-state index is 0.0677. The Balaban J connectivity index is 2.15.